The summed E-state index contributed by atoms with van der Waals surface area (Å²) < 4.78 is 5.45. The Hall–Kier alpha value is -2.32. The largest absolute Gasteiger partial charge is 0.444 e. The van der Waals surface area contributed by atoms with Crippen LogP contribution in [-0.4, -0.2) is 69.7 Å². The van der Waals surface area contributed by atoms with Crippen LogP contribution < -0.4 is 5.32 Å². The molecule has 3 amide bonds. The predicted molar refractivity (Wildman–Crippen MR) is 156 cm³/mol. The number of hydrogen-bond acceptors (Lipinski definition) is 5. The van der Waals surface area contributed by atoms with Gasteiger partial charge in [0.2, 0.25) is 11.8 Å². The Labute approximate surface area is 248 Å². The van der Waals surface area contributed by atoms with Gasteiger partial charge in [-0.1, -0.05) is 17.7 Å². The van der Waals surface area contributed by atoms with E-state index in [4.69, 9.17) is 16.3 Å². The van der Waals surface area contributed by atoms with Gasteiger partial charge in [0.1, 0.15) is 5.60 Å². The fourth-order valence-electron chi connectivity index (χ4n) is 8.66. The third-order valence-corrected chi connectivity index (χ3v) is 10.6. The van der Waals surface area contributed by atoms with Gasteiger partial charge >= 0.3 is 6.09 Å². The van der Waals surface area contributed by atoms with Gasteiger partial charge < -0.3 is 25.0 Å². The van der Waals surface area contributed by atoms with Crippen molar-refractivity contribution < 1.29 is 24.2 Å². The summed E-state index contributed by atoms with van der Waals surface area (Å²) in [6.07, 6.45) is 7.21. The molecule has 7 rings (SSSR count). The second-order valence-corrected chi connectivity index (χ2v) is 14.9. The number of amides is 3. The molecule has 2 heterocycles. The van der Waals surface area contributed by atoms with Crippen molar-refractivity contribution in [1.29, 1.82) is 0 Å². The Morgan fingerprint density at radius 1 is 1.07 bits per heavy atom. The van der Waals surface area contributed by atoms with Crippen LogP contribution in [0.2, 0.25) is 5.02 Å². The minimum atomic E-state index is -0.541. The van der Waals surface area contributed by atoms with Gasteiger partial charge in [-0.05, 0) is 114 Å². The molecule has 0 spiro atoms. The number of halogens is 1. The average molecular weight is 586 g/mol. The number of carbonyl (C=O) groups excluding carboxylic acids is 3. The van der Waals surface area contributed by atoms with Crippen molar-refractivity contribution in [2.75, 3.05) is 25.0 Å². The third kappa shape index (κ3) is 5.96. The number of rotatable bonds is 5. The fourth-order valence-corrected chi connectivity index (χ4v) is 8.92. The molecule has 0 aromatic heterocycles. The Kier molecular flexibility index (Phi) is 7.55. The molecule has 2 aliphatic heterocycles. The predicted octanol–water partition coefficient (Wildman–Crippen LogP) is 5.26. The number of likely N-dealkylation sites (tertiary alicyclic amines) is 2. The van der Waals surface area contributed by atoms with Crippen LogP contribution in [0.1, 0.15) is 77.7 Å². The van der Waals surface area contributed by atoms with E-state index in [-0.39, 0.29) is 35.8 Å². The Morgan fingerprint density at radius 2 is 1.76 bits per heavy atom. The van der Waals surface area contributed by atoms with Gasteiger partial charge in [0.25, 0.3) is 0 Å². The maximum atomic E-state index is 13.6. The number of carbonyl (C=O) groups is 3. The SMILES string of the molecule is CC(C)(C)OC(=O)N1CCC(C(=O)Nc2ccc(CC3CCN(C4C5CC6CC4CC(O)(C6)C5)C3=O)c(Cl)c2)CC1. The number of nitrogens with one attached hydrogen (secondary N) is 1. The van der Waals surface area contributed by atoms with Gasteiger partial charge in [-0.2, -0.15) is 0 Å². The third-order valence-electron chi connectivity index (χ3n) is 10.2. The summed E-state index contributed by atoms with van der Waals surface area (Å²) in [5, 5.41) is 14.5. The number of piperidine rings is 1. The number of aliphatic hydroxyl groups is 1. The lowest BCUT2D eigenvalue weighted by molar-refractivity contribution is -0.168. The standard InChI is InChI=1S/C32H44ClN3O5/c1-31(2,3)41-30(39)35-9-6-20(7-10-35)28(37)34-25-5-4-21(26(33)15-25)14-22-8-11-36(29(22)38)27-23-12-19-13-24(27)18-32(40,16-19)17-23/h4-5,15,19-20,22-24,27,40H,6-14,16-18H2,1-3H3,(H,34,37). The van der Waals surface area contributed by atoms with Gasteiger partial charge in [-0.15, -0.1) is 0 Å². The molecule has 4 bridgehead atoms. The first kappa shape index (κ1) is 28.8. The van der Waals surface area contributed by atoms with Crippen LogP contribution in [0.3, 0.4) is 0 Å². The zero-order valence-electron chi connectivity index (χ0n) is 24.5. The van der Waals surface area contributed by atoms with E-state index in [1.54, 1.807) is 11.0 Å². The van der Waals surface area contributed by atoms with Crippen LogP contribution in [0, 0.1) is 29.6 Å². The molecule has 4 aliphatic carbocycles. The zero-order chi connectivity index (χ0) is 29.1. The van der Waals surface area contributed by atoms with Crippen LogP contribution in [0.4, 0.5) is 10.5 Å². The minimum Gasteiger partial charge on any atom is -0.444 e. The van der Waals surface area contributed by atoms with Crippen molar-refractivity contribution in [3.05, 3.63) is 28.8 Å². The maximum Gasteiger partial charge on any atom is 0.410 e. The van der Waals surface area contributed by atoms with Crippen LogP contribution >= 0.6 is 11.6 Å². The first-order valence-corrected chi connectivity index (χ1v) is 15.9. The van der Waals surface area contributed by atoms with Crippen molar-refractivity contribution >= 4 is 35.2 Å². The summed E-state index contributed by atoms with van der Waals surface area (Å²) in [6, 6.07) is 5.86. The lowest BCUT2D eigenvalue weighted by Gasteiger charge is -2.59. The summed E-state index contributed by atoms with van der Waals surface area (Å²) in [6.45, 7) is 7.31. The van der Waals surface area contributed by atoms with Gasteiger partial charge in [0, 0.05) is 48.2 Å². The molecule has 2 saturated heterocycles. The summed E-state index contributed by atoms with van der Waals surface area (Å²) in [5.41, 5.74) is 0.538. The normalized spacial score (nSPS) is 33.4. The van der Waals surface area contributed by atoms with E-state index in [0.29, 0.717) is 60.8 Å². The van der Waals surface area contributed by atoms with Crippen LogP contribution in [0.5, 0.6) is 0 Å². The number of hydrogen-bond donors (Lipinski definition) is 2. The molecule has 224 valence electrons. The van der Waals surface area contributed by atoms with E-state index in [9.17, 15) is 19.5 Å². The fraction of sp³-hybridized carbons (Fsp3) is 0.719. The molecule has 41 heavy (non-hydrogen) atoms. The highest BCUT2D eigenvalue weighted by atomic mass is 35.5. The highest BCUT2D eigenvalue weighted by molar-refractivity contribution is 6.31. The minimum absolute atomic E-state index is 0.0698. The first-order chi connectivity index (χ1) is 19.4. The lowest BCUT2D eigenvalue weighted by atomic mass is 9.52. The Morgan fingerprint density at radius 3 is 2.37 bits per heavy atom. The molecular weight excluding hydrogens is 542 g/mol. The molecule has 6 fully saturated rings. The van der Waals surface area contributed by atoms with E-state index in [1.165, 1.54) is 0 Å². The second kappa shape index (κ2) is 10.7. The molecule has 6 aliphatic rings. The Bertz CT molecular complexity index is 1190. The summed E-state index contributed by atoms with van der Waals surface area (Å²) in [5.74, 6) is 1.41. The van der Waals surface area contributed by atoms with E-state index in [0.717, 1.165) is 50.6 Å². The van der Waals surface area contributed by atoms with E-state index >= 15 is 0 Å². The monoisotopic (exact) mass is 585 g/mol. The molecular formula is C32H44ClN3O5. The van der Waals surface area contributed by atoms with Crippen molar-refractivity contribution in [3.63, 3.8) is 0 Å². The molecule has 9 heteroatoms. The number of nitrogens with zero attached hydrogens (tertiary/aromatic N) is 2. The molecule has 3 unspecified atom stereocenters. The summed E-state index contributed by atoms with van der Waals surface area (Å²) in [4.78, 5) is 42.7. The van der Waals surface area contributed by atoms with Crippen molar-refractivity contribution in [1.82, 2.24) is 9.80 Å². The van der Waals surface area contributed by atoms with Gasteiger partial charge in [-0.25, -0.2) is 4.79 Å². The van der Waals surface area contributed by atoms with E-state index < -0.39 is 11.2 Å². The summed E-state index contributed by atoms with van der Waals surface area (Å²) >= 11 is 6.67. The average Bonchev–Trinajstić information content (AvgIpc) is 3.23. The molecule has 2 N–H and O–H groups in total. The molecule has 8 nitrogen and oxygen atoms in total. The summed E-state index contributed by atoms with van der Waals surface area (Å²) in [7, 11) is 0. The zero-order valence-corrected chi connectivity index (χ0v) is 25.3. The molecule has 4 saturated carbocycles. The molecule has 0 radical (unpaired) electrons. The van der Waals surface area contributed by atoms with Crippen molar-refractivity contribution in [2.45, 2.75) is 95.8 Å². The van der Waals surface area contributed by atoms with Gasteiger partial charge in [-0.3, -0.25) is 9.59 Å². The molecule has 3 atom stereocenters. The van der Waals surface area contributed by atoms with Crippen molar-refractivity contribution in [3.8, 4) is 0 Å². The van der Waals surface area contributed by atoms with Crippen LogP contribution in [0.15, 0.2) is 18.2 Å². The van der Waals surface area contributed by atoms with Gasteiger partial charge in [0.15, 0.2) is 0 Å². The van der Waals surface area contributed by atoms with Crippen LogP contribution in [0.25, 0.3) is 0 Å². The van der Waals surface area contributed by atoms with Gasteiger partial charge in [0.05, 0.1) is 5.60 Å². The lowest BCUT2D eigenvalue weighted by Crippen LogP contribution is -2.62. The highest BCUT2D eigenvalue weighted by Gasteiger charge is 2.57. The maximum absolute atomic E-state index is 13.6. The number of benzene rings is 1. The van der Waals surface area contributed by atoms with E-state index in [1.807, 2.05) is 32.9 Å². The van der Waals surface area contributed by atoms with Crippen molar-refractivity contribution in [2.24, 2.45) is 29.6 Å². The van der Waals surface area contributed by atoms with E-state index in [2.05, 4.69) is 10.2 Å². The number of anilines is 1. The quantitative estimate of drug-likeness (QED) is 0.491. The Balaban J connectivity index is 1.01. The molecule has 1 aromatic carbocycles. The molecule has 1 aromatic rings. The van der Waals surface area contributed by atoms with Crippen LogP contribution in [-0.2, 0) is 20.7 Å². The topological polar surface area (TPSA) is 99.2 Å². The highest BCUT2D eigenvalue weighted by Crippen LogP contribution is 2.57. The smallest absolute Gasteiger partial charge is 0.410 e. The first-order valence-electron chi connectivity index (χ1n) is 15.5. The number of ether oxygens (including phenoxy) is 1. The second-order valence-electron chi connectivity index (χ2n) is 14.4.